The Morgan fingerprint density at radius 1 is 1.57 bits per heavy atom. The van der Waals surface area contributed by atoms with Crippen molar-refractivity contribution in [3.05, 3.63) is 42.2 Å². The maximum Gasteiger partial charge on any atom is 0.356 e. The van der Waals surface area contributed by atoms with Gasteiger partial charge >= 0.3 is 5.97 Å². The highest BCUT2D eigenvalue weighted by Gasteiger charge is 2.09. The molecule has 0 radical (unpaired) electrons. The molecule has 0 fully saturated rings. The number of methoxy groups -OCH3 is 1. The van der Waals surface area contributed by atoms with E-state index >= 15 is 0 Å². The van der Waals surface area contributed by atoms with E-state index in [0.29, 0.717) is 5.56 Å². The van der Waals surface area contributed by atoms with Crippen LogP contribution >= 0.6 is 0 Å². The van der Waals surface area contributed by atoms with E-state index in [0.717, 1.165) is 0 Å². The number of ether oxygens (including phenoxy) is 1. The number of hydrogen-bond donors (Lipinski definition) is 0. The maximum absolute atomic E-state index is 11.2. The number of allylic oxidation sites excluding steroid dienone is 1. The van der Waals surface area contributed by atoms with Crippen LogP contribution in [-0.4, -0.2) is 23.8 Å². The van der Waals surface area contributed by atoms with Gasteiger partial charge in [0.2, 0.25) is 0 Å². The summed E-state index contributed by atoms with van der Waals surface area (Å²) in [6.07, 6.45) is 2.55. The Morgan fingerprint density at radius 2 is 2.29 bits per heavy atom. The minimum Gasteiger partial charge on any atom is -0.464 e. The molecular formula is C10H9NO3. The molecule has 0 spiro atoms. The van der Waals surface area contributed by atoms with Crippen LogP contribution in [0.4, 0.5) is 0 Å². The van der Waals surface area contributed by atoms with Crippen molar-refractivity contribution in [2.75, 3.05) is 7.11 Å². The second kappa shape index (κ2) is 4.32. The summed E-state index contributed by atoms with van der Waals surface area (Å²) < 4.78 is 4.47. The first kappa shape index (κ1) is 10.1. The first-order chi connectivity index (χ1) is 6.69. The average Bonchev–Trinajstić information content (AvgIpc) is 2.27. The number of esters is 1. The second-order valence-electron chi connectivity index (χ2n) is 2.49. The van der Waals surface area contributed by atoms with Gasteiger partial charge in [0.1, 0.15) is 5.69 Å². The second-order valence-corrected chi connectivity index (χ2v) is 2.49. The number of rotatable bonds is 3. The summed E-state index contributed by atoms with van der Waals surface area (Å²) in [7, 11) is 1.26. The summed E-state index contributed by atoms with van der Waals surface area (Å²) in [5, 5.41) is 0. The summed E-state index contributed by atoms with van der Waals surface area (Å²) in [6, 6.07) is 2.88. The van der Waals surface area contributed by atoms with Gasteiger partial charge in [-0.3, -0.25) is 4.79 Å². The van der Waals surface area contributed by atoms with Gasteiger partial charge in [0, 0.05) is 11.8 Å². The van der Waals surface area contributed by atoms with E-state index in [4.69, 9.17) is 0 Å². The van der Waals surface area contributed by atoms with Crippen LogP contribution in [-0.2, 0) is 4.74 Å². The first-order valence-electron chi connectivity index (χ1n) is 3.90. The van der Waals surface area contributed by atoms with Gasteiger partial charge < -0.3 is 4.74 Å². The Morgan fingerprint density at radius 3 is 2.86 bits per heavy atom. The summed E-state index contributed by atoms with van der Waals surface area (Å²) in [5.41, 5.74) is 0.482. The molecule has 1 heterocycles. The largest absolute Gasteiger partial charge is 0.464 e. The van der Waals surface area contributed by atoms with Crippen molar-refractivity contribution in [2.45, 2.75) is 0 Å². The molecule has 1 aromatic rings. The lowest BCUT2D eigenvalue weighted by molar-refractivity contribution is 0.0594. The molecule has 0 atom stereocenters. The Labute approximate surface area is 81.2 Å². The number of carbonyl (C=O) groups excluding carboxylic acids is 2. The molecular weight excluding hydrogens is 182 g/mol. The molecule has 72 valence electrons. The predicted octanol–water partition coefficient (Wildman–Crippen LogP) is 1.24. The molecule has 4 heteroatoms. The Bertz CT molecular complexity index is 385. The highest BCUT2D eigenvalue weighted by atomic mass is 16.5. The summed E-state index contributed by atoms with van der Waals surface area (Å²) in [4.78, 5) is 26.0. The monoisotopic (exact) mass is 191 g/mol. The van der Waals surface area contributed by atoms with E-state index in [9.17, 15) is 9.59 Å². The zero-order valence-electron chi connectivity index (χ0n) is 7.69. The number of aromatic nitrogens is 1. The van der Waals surface area contributed by atoms with Crippen LogP contribution in [0.15, 0.2) is 31.0 Å². The van der Waals surface area contributed by atoms with Gasteiger partial charge in [-0.2, -0.15) is 0 Å². The lowest BCUT2D eigenvalue weighted by atomic mass is 10.1. The van der Waals surface area contributed by atoms with Gasteiger partial charge in [0.25, 0.3) is 0 Å². The fourth-order valence-electron chi connectivity index (χ4n) is 0.918. The van der Waals surface area contributed by atoms with Crippen LogP contribution in [0.2, 0.25) is 0 Å². The summed E-state index contributed by atoms with van der Waals surface area (Å²) in [5.74, 6) is -0.818. The Kier molecular flexibility index (Phi) is 3.12. The van der Waals surface area contributed by atoms with Gasteiger partial charge in [-0.1, -0.05) is 6.58 Å². The van der Waals surface area contributed by atoms with E-state index in [2.05, 4.69) is 16.3 Å². The molecule has 0 aromatic carbocycles. The van der Waals surface area contributed by atoms with Crippen LogP contribution in [0, 0.1) is 0 Å². The van der Waals surface area contributed by atoms with Crippen LogP contribution in [0.5, 0.6) is 0 Å². The molecule has 4 nitrogen and oxygen atoms in total. The molecule has 0 aliphatic rings. The molecule has 1 rings (SSSR count). The first-order valence-corrected chi connectivity index (χ1v) is 3.90. The molecule has 0 N–H and O–H groups in total. The normalized spacial score (nSPS) is 9.21. The van der Waals surface area contributed by atoms with Gasteiger partial charge in [-0.15, -0.1) is 0 Å². The smallest absolute Gasteiger partial charge is 0.356 e. The topological polar surface area (TPSA) is 56.3 Å². The van der Waals surface area contributed by atoms with E-state index in [1.165, 1.54) is 31.5 Å². The number of carbonyl (C=O) groups is 2. The zero-order valence-corrected chi connectivity index (χ0v) is 7.69. The Hall–Kier alpha value is -1.97. The van der Waals surface area contributed by atoms with Crippen molar-refractivity contribution in [3.8, 4) is 0 Å². The van der Waals surface area contributed by atoms with Crippen molar-refractivity contribution < 1.29 is 14.3 Å². The maximum atomic E-state index is 11.2. The van der Waals surface area contributed by atoms with Crippen molar-refractivity contribution >= 4 is 11.8 Å². The number of nitrogens with zero attached hydrogens (tertiary/aromatic N) is 1. The molecule has 1 aromatic heterocycles. The lowest BCUT2D eigenvalue weighted by Crippen LogP contribution is -2.06. The molecule has 0 saturated carbocycles. The van der Waals surface area contributed by atoms with E-state index < -0.39 is 5.97 Å². The zero-order chi connectivity index (χ0) is 10.6. The number of ketones is 1. The van der Waals surface area contributed by atoms with Gasteiger partial charge in [0.15, 0.2) is 5.78 Å². The summed E-state index contributed by atoms with van der Waals surface area (Å²) in [6.45, 7) is 3.35. The molecule has 0 aliphatic carbocycles. The highest BCUT2D eigenvalue weighted by molar-refractivity contribution is 6.05. The van der Waals surface area contributed by atoms with Crippen LogP contribution < -0.4 is 0 Å². The van der Waals surface area contributed by atoms with Crippen LogP contribution in [0.3, 0.4) is 0 Å². The van der Waals surface area contributed by atoms with Crippen molar-refractivity contribution in [1.29, 1.82) is 0 Å². The highest BCUT2D eigenvalue weighted by Crippen LogP contribution is 2.04. The van der Waals surface area contributed by atoms with Crippen molar-refractivity contribution in [2.24, 2.45) is 0 Å². The standard InChI is InChI=1S/C10H9NO3/c1-3-9(12)7-4-5-11-8(6-7)10(13)14-2/h3-6H,1H2,2H3. The minimum absolute atomic E-state index is 0.111. The third-order valence-electron chi connectivity index (χ3n) is 1.62. The molecule has 0 saturated heterocycles. The van der Waals surface area contributed by atoms with E-state index in [-0.39, 0.29) is 11.5 Å². The van der Waals surface area contributed by atoms with Crippen molar-refractivity contribution in [1.82, 2.24) is 4.98 Å². The quantitative estimate of drug-likeness (QED) is 0.409. The third kappa shape index (κ3) is 2.04. The minimum atomic E-state index is -0.566. The lowest BCUT2D eigenvalue weighted by Gasteiger charge is -1.99. The van der Waals surface area contributed by atoms with Gasteiger partial charge in [0.05, 0.1) is 7.11 Å². The predicted molar refractivity (Wildman–Crippen MR) is 50.1 cm³/mol. The number of pyridine rings is 1. The molecule has 0 unspecified atom stereocenters. The van der Waals surface area contributed by atoms with Gasteiger partial charge in [-0.25, -0.2) is 9.78 Å². The third-order valence-corrected chi connectivity index (χ3v) is 1.62. The fourth-order valence-corrected chi connectivity index (χ4v) is 0.918. The summed E-state index contributed by atoms with van der Waals surface area (Å²) >= 11 is 0. The van der Waals surface area contributed by atoms with Crippen LogP contribution in [0.1, 0.15) is 20.8 Å². The fraction of sp³-hybridized carbons (Fsp3) is 0.100. The Balaban J connectivity index is 3.06. The van der Waals surface area contributed by atoms with Crippen molar-refractivity contribution in [3.63, 3.8) is 0 Å². The van der Waals surface area contributed by atoms with Gasteiger partial charge in [-0.05, 0) is 18.2 Å². The molecule has 0 bridgehead atoms. The number of hydrogen-bond acceptors (Lipinski definition) is 4. The van der Waals surface area contributed by atoms with Crippen LogP contribution in [0.25, 0.3) is 0 Å². The molecule has 0 amide bonds. The van der Waals surface area contributed by atoms with E-state index in [1.807, 2.05) is 0 Å². The average molecular weight is 191 g/mol. The SMILES string of the molecule is C=CC(=O)c1ccnc(C(=O)OC)c1. The van der Waals surface area contributed by atoms with E-state index in [1.54, 1.807) is 0 Å². The molecule has 14 heavy (non-hydrogen) atoms. The molecule has 0 aliphatic heterocycles.